The molecule has 0 spiro atoms. The zero-order chi connectivity index (χ0) is 20.8. The first-order valence-corrected chi connectivity index (χ1v) is 8.97. The van der Waals surface area contributed by atoms with Gasteiger partial charge in [-0.3, -0.25) is 4.79 Å². The molecule has 0 aromatic heterocycles. The summed E-state index contributed by atoms with van der Waals surface area (Å²) in [5.74, 6) is 0.506. The minimum Gasteiger partial charge on any atom is -0.493 e. The van der Waals surface area contributed by atoms with Crippen LogP contribution in [0, 0.1) is 0 Å². The summed E-state index contributed by atoms with van der Waals surface area (Å²) >= 11 is 0. The van der Waals surface area contributed by atoms with Crippen molar-refractivity contribution in [3.05, 3.63) is 59.8 Å². The molecule has 1 amide bonds. The maximum atomic E-state index is 12.7. The third kappa shape index (κ3) is 4.33. The normalized spacial score (nSPS) is 13.5. The van der Waals surface area contributed by atoms with Crippen LogP contribution in [0.3, 0.4) is 0 Å². The summed E-state index contributed by atoms with van der Waals surface area (Å²) in [5, 5.41) is 12.2. The number of amides is 1. The maximum Gasteiger partial charge on any atom is 0.337 e. The molecule has 0 bridgehead atoms. The molecule has 0 unspecified atom stereocenters. The van der Waals surface area contributed by atoms with Gasteiger partial charge >= 0.3 is 5.97 Å². The van der Waals surface area contributed by atoms with Gasteiger partial charge in [-0.15, -0.1) is 0 Å². The van der Waals surface area contributed by atoms with Gasteiger partial charge in [0.1, 0.15) is 5.70 Å². The van der Waals surface area contributed by atoms with E-state index >= 15 is 0 Å². The summed E-state index contributed by atoms with van der Waals surface area (Å²) in [6.45, 7) is -0.0330. The summed E-state index contributed by atoms with van der Waals surface area (Å²) in [4.78, 5) is 26.3. The number of aliphatic hydroxyl groups is 1. The van der Waals surface area contributed by atoms with E-state index in [1.54, 1.807) is 43.5 Å². The molecule has 0 aliphatic carbocycles. The highest BCUT2D eigenvalue weighted by atomic mass is 16.5. The van der Waals surface area contributed by atoms with Gasteiger partial charge in [0.2, 0.25) is 0 Å². The Morgan fingerprint density at radius 3 is 2.38 bits per heavy atom. The number of benzene rings is 2. The Morgan fingerprint density at radius 1 is 1.07 bits per heavy atom. The fraction of sp³-hybridized carbons (Fsp3) is 0.238. The Morgan fingerprint density at radius 2 is 1.72 bits per heavy atom. The minimum atomic E-state index is -0.607. The lowest BCUT2D eigenvalue weighted by molar-refractivity contribution is -0.136. The van der Waals surface area contributed by atoms with Crippen molar-refractivity contribution < 1.29 is 28.9 Å². The molecule has 3 rings (SSSR count). The van der Waals surface area contributed by atoms with Crippen molar-refractivity contribution in [1.29, 1.82) is 0 Å². The molecule has 0 saturated heterocycles. The number of nitrogens with one attached hydrogen (secondary N) is 1. The number of ether oxygens (including phenoxy) is 3. The highest BCUT2D eigenvalue weighted by molar-refractivity contribution is 6.08. The minimum absolute atomic E-state index is 0.0595. The standard InChI is InChI=1S/C21H22N2O6/c1-27-17-9-5-6-10-18(17)29-16-8-4-3-7-15(16)22-19-14(21(26)28-2)13-23(11-12-24)20(19)25/h3-10,22,24H,11-13H2,1-2H3. The highest BCUT2D eigenvalue weighted by Crippen LogP contribution is 2.36. The van der Waals surface area contributed by atoms with E-state index in [1.807, 2.05) is 12.1 Å². The number of para-hydroxylation sites is 4. The van der Waals surface area contributed by atoms with Gasteiger partial charge in [0.05, 0.1) is 38.6 Å². The number of aliphatic hydroxyl groups excluding tert-OH is 1. The average molecular weight is 398 g/mol. The van der Waals surface area contributed by atoms with Gasteiger partial charge in [0.15, 0.2) is 17.2 Å². The van der Waals surface area contributed by atoms with Crippen LogP contribution in [0.2, 0.25) is 0 Å². The molecular weight excluding hydrogens is 376 g/mol. The molecule has 1 heterocycles. The molecule has 8 heteroatoms. The average Bonchev–Trinajstić information content (AvgIpc) is 3.05. The molecule has 0 saturated carbocycles. The van der Waals surface area contributed by atoms with E-state index in [0.29, 0.717) is 22.9 Å². The molecule has 1 aliphatic rings. The van der Waals surface area contributed by atoms with Gasteiger partial charge in [0.25, 0.3) is 5.91 Å². The van der Waals surface area contributed by atoms with Gasteiger partial charge in [-0.2, -0.15) is 0 Å². The van der Waals surface area contributed by atoms with E-state index < -0.39 is 11.9 Å². The van der Waals surface area contributed by atoms with Gasteiger partial charge < -0.3 is 29.5 Å². The van der Waals surface area contributed by atoms with Crippen LogP contribution in [0.25, 0.3) is 0 Å². The molecule has 1 aliphatic heterocycles. The molecule has 152 valence electrons. The Labute approximate surface area is 168 Å². The number of hydrogen-bond acceptors (Lipinski definition) is 7. The van der Waals surface area contributed by atoms with E-state index in [9.17, 15) is 14.7 Å². The van der Waals surface area contributed by atoms with E-state index in [0.717, 1.165) is 0 Å². The molecule has 2 N–H and O–H groups in total. The first-order valence-electron chi connectivity index (χ1n) is 8.97. The molecule has 2 aromatic carbocycles. The number of β-amino-alcohol motifs (C(OH)–C–C–N with tert-alkyl or cyclic N) is 1. The molecule has 29 heavy (non-hydrogen) atoms. The van der Waals surface area contributed by atoms with Crippen molar-refractivity contribution in [3.63, 3.8) is 0 Å². The maximum absolute atomic E-state index is 12.7. The number of rotatable bonds is 8. The Kier molecular flexibility index (Phi) is 6.36. The number of esters is 1. The fourth-order valence-electron chi connectivity index (χ4n) is 2.96. The van der Waals surface area contributed by atoms with E-state index in [1.165, 1.54) is 12.0 Å². The summed E-state index contributed by atoms with van der Waals surface area (Å²) in [7, 11) is 2.80. The molecule has 8 nitrogen and oxygen atoms in total. The van der Waals surface area contributed by atoms with Crippen LogP contribution in [-0.4, -0.2) is 55.8 Å². The van der Waals surface area contributed by atoms with Crippen LogP contribution < -0.4 is 14.8 Å². The van der Waals surface area contributed by atoms with Crippen LogP contribution in [0.5, 0.6) is 17.2 Å². The molecule has 0 fully saturated rings. The number of nitrogens with zero attached hydrogens (tertiary/aromatic N) is 1. The van der Waals surface area contributed by atoms with Crippen LogP contribution >= 0.6 is 0 Å². The zero-order valence-electron chi connectivity index (χ0n) is 16.2. The van der Waals surface area contributed by atoms with Gasteiger partial charge in [-0.25, -0.2) is 4.79 Å². The second-order valence-corrected chi connectivity index (χ2v) is 6.17. The Balaban J connectivity index is 1.93. The molecular formula is C21H22N2O6. The SMILES string of the molecule is COC(=O)C1=C(Nc2ccccc2Oc2ccccc2OC)C(=O)N(CCO)C1. The number of carbonyl (C=O) groups excluding carboxylic acids is 2. The van der Waals surface area contributed by atoms with Crippen LogP contribution in [0.4, 0.5) is 5.69 Å². The quantitative estimate of drug-likeness (QED) is 0.658. The van der Waals surface area contributed by atoms with Crippen molar-refractivity contribution in [2.45, 2.75) is 0 Å². The summed E-state index contributed by atoms with van der Waals surface area (Å²) in [5.41, 5.74) is 0.786. The van der Waals surface area contributed by atoms with E-state index in [2.05, 4.69) is 5.32 Å². The van der Waals surface area contributed by atoms with Crippen molar-refractivity contribution in [3.8, 4) is 17.2 Å². The lowest BCUT2D eigenvalue weighted by Crippen LogP contribution is -2.31. The van der Waals surface area contributed by atoms with Gasteiger partial charge in [-0.1, -0.05) is 24.3 Å². The summed E-state index contributed by atoms with van der Waals surface area (Å²) < 4.78 is 16.1. The van der Waals surface area contributed by atoms with Crippen molar-refractivity contribution in [1.82, 2.24) is 4.90 Å². The van der Waals surface area contributed by atoms with Crippen LogP contribution in [0.15, 0.2) is 59.8 Å². The highest BCUT2D eigenvalue weighted by Gasteiger charge is 2.34. The van der Waals surface area contributed by atoms with Crippen molar-refractivity contribution >= 4 is 17.6 Å². The second-order valence-electron chi connectivity index (χ2n) is 6.17. The van der Waals surface area contributed by atoms with E-state index in [-0.39, 0.29) is 31.0 Å². The summed E-state index contributed by atoms with van der Waals surface area (Å²) in [6.07, 6.45) is 0. The molecule has 0 atom stereocenters. The third-order valence-electron chi connectivity index (χ3n) is 4.39. The Bertz CT molecular complexity index is 940. The number of methoxy groups -OCH3 is 2. The van der Waals surface area contributed by atoms with Crippen LogP contribution in [0.1, 0.15) is 0 Å². The van der Waals surface area contributed by atoms with E-state index in [4.69, 9.17) is 14.2 Å². The summed E-state index contributed by atoms with van der Waals surface area (Å²) in [6, 6.07) is 14.2. The molecule has 2 aromatic rings. The van der Waals surface area contributed by atoms with Gasteiger partial charge in [-0.05, 0) is 24.3 Å². The third-order valence-corrected chi connectivity index (χ3v) is 4.39. The lowest BCUT2D eigenvalue weighted by Gasteiger charge is -2.17. The first-order chi connectivity index (χ1) is 14.1. The smallest absolute Gasteiger partial charge is 0.337 e. The molecule has 0 radical (unpaired) electrons. The lowest BCUT2D eigenvalue weighted by atomic mass is 10.2. The monoisotopic (exact) mass is 398 g/mol. The van der Waals surface area contributed by atoms with Gasteiger partial charge in [0, 0.05) is 6.54 Å². The predicted molar refractivity (Wildman–Crippen MR) is 106 cm³/mol. The first kappa shape index (κ1) is 20.2. The largest absolute Gasteiger partial charge is 0.493 e. The fourth-order valence-corrected chi connectivity index (χ4v) is 2.96. The zero-order valence-corrected chi connectivity index (χ0v) is 16.2. The topological polar surface area (TPSA) is 97.3 Å². The van der Waals surface area contributed by atoms with Crippen molar-refractivity contribution in [2.24, 2.45) is 0 Å². The number of carbonyl (C=O) groups is 2. The predicted octanol–water partition coefficient (Wildman–Crippen LogP) is 2.16. The van der Waals surface area contributed by atoms with Crippen molar-refractivity contribution in [2.75, 3.05) is 39.2 Å². The van der Waals surface area contributed by atoms with Crippen LogP contribution in [-0.2, 0) is 14.3 Å². The number of anilines is 1. The Hall–Kier alpha value is -3.52. The second kappa shape index (κ2) is 9.11. The number of hydrogen-bond donors (Lipinski definition) is 2.